The minimum Gasteiger partial charge on any atom is -0.352 e. The molecule has 2 unspecified atom stereocenters. The molecule has 2 atom stereocenters. The molecule has 1 aliphatic rings. The van der Waals surface area contributed by atoms with Crippen molar-refractivity contribution >= 4 is 40.9 Å². The highest BCUT2D eigenvalue weighted by molar-refractivity contribution is 8.01. The molecule has 0 aromatic heterocycles. The molecule has 3 aromatic carbocycles. The summed E-state index contributed by atoms with van der Waals surface area (Å²) >= 11 is 7.67. The lowest BCUT2D eigenvalue weighted by atomic mass is 10.0. The number of carbonyl (C=O) groups excluding carboxylic acids is 2. The van der Waals surface area contributed by atoms with Crippen LogP contribution in [-0.4, -0.2) is 17.1 Å². The molecule has 0 saturated carbocycles. The molecule has 0 radical (unpaired) electrons. The first-order valence-corrected chi connectivity index (χ1v) is 11.8. The van der Waals surface area contributed by atoms with Gasteiger partial charge in [0.15, 0.2) is 0 Å². The van der Waals surface area contributed by atoms with Gasteiger partial charge in [0.2, 0.25) is 11.8 Å². The van der Waals surface area contributed by atoms with Crippen LogP contribution in [0.25, 0.3) is 0 Å². The largest absolute Gasteiger partial charge is 0.352 e. The van der Waals surface area contributed by atoms with E-state index < -0.39 is 11.2 Å². The van der Waals surface area contributed by atoms with Crippen LogP contribution in [0.3, 0.4) is 0 Å². The number of aryl methyl sites for hydroxylation is 1. The van der Waals surface area contributed by atoms with Crippen molar-refractivity contribution in [1.82, 2.24) is 5.32 Å². The quantitative estimate of drug-likeness (QED) is 0.516. The Bertz CT molecular complexity index is 1130. The molecular formula is C26H25ClN2O2S. The summed E-state index contributed by atoms with van der Waals surface area (Å²) < 4.78 is 0. The maximum absolute atomic E-state index is 13.5. The van der Waals surface area contributed by atoms with E-state index >= 15 is 0 Å². The number of benzene rings is 3. The molecular weight excluding hydrogens is 440 g/mol. The number of nitrogens with one attached hydrogen (secondary N) is 1. The predicted molar refractivity (Wildman–Crippen MR) is 131 cm³/mol. The number of nitrogens with zero attached hydrogens (tertiary/aromatic N) is 1. The summed E-state index contributed by atoms with van der Waals surface area (Å²) in [6.45, 7) is 4.66. The van der Waals surface area contributed by atoms with Crippen molar-refractivity contribution in [3.05, 3.63) is 94.5 Å². The van der Waals surface area contributed by atoms with Gasteiger partial charge in [-0.2, -0.15) is 0 Å². The second-order valence-corrected chi connectivity index (χ2v) is 9.60. The van der Waals surface area contributed by atoms with Crippen molar-refractivity contribution < 1.29 is 9.59 Å². The summed E-state index contributed by atoms with van der Waals surface area (Å²) in [6.07, 6.45) is 0. The topological polar surface area (TPSA) is 49.4 Å². The van der Waals surface area contributed by atoms with Gasteiger partial charge in [-0.1, -0.05) is 78.7 Å². The SMILES string of the molecule is Cc1ccc(CN2C(=O)C(C(C)C(=O)NCc3ccccc3Cl)Sc3ccccc32)cc1. The summed E-state index contributed by atoms with van der Waals surface area (Å²) in [4.78, 5) is 29.3. The molecule has 0 bridgehead atoms. The average Bonchev–Trinajstić information content (AvgIpc) is 2.81. The zero-order valence-electron chi connectivity index (χ0n) is 18.0. The molecule has 32 heavy (non-hydrogen) atoms. The first-order valence-electron chi connectivity index (χ1n) is 10.6. The second-order valence-electron chi connectivity index (χ2n) is 8.01. The van der Waals surface area contributed by atoms with E-state index in [4.69, 9.17) is 11.6 Å². The maximum Gasteiger partial charge on any atom is 0.241 e. The van der Waals surface area contributed by atoms with E-state index in [1.165, 1.54) is 17.3 Å². The minimum absolute atomic E-state index is 0.0466. The summed E-state index contributed by atoms with van der Waals surface area (Å²) in [7, 11) is 0. The number of amides is 2. The molecule has 0 fully saturated rings. The lowest BCUT2D eigenvalue weighted by Crippen LogP contribution is -2.47. The smallest absolute Gasteiger partial charge is 0.241 e. The Morgan fingerprint density at radius 1 is 1.06 bits per heavy atom. The lowest BCUT2D eigenvalue weighted by molar-refractivity contribution is -0.128. The van der Waals surface area contributed by atoms with Gasteiger partial charge in [-0.25, -0.2) is 0 Å². The third-order valence-corrected chi connectivity index (χ3v) is 7.49. The fraction of sp³-hybridized carbons (Fsp3) is 0.231. The fourth-order valence-corrected chi connectivity index (χ4v) is 5.20. The van der Waals surface area contributed by atoms with E-state index in [0.717, 1.165) is 21.7 Å². The molecule has 164 valence electrons. The van der Waals surface area contributed by atoms with Crippen LogP contribution in [0.4, 0.5) is 5.69 Å². The number of rotatable bonds is 6. The predicted octanol–water partition coefficient (Wildman–Crippen LogP) is 5.61. The Morgan fingerprint density at radius 3 is 2.50 bits per heavy atom. The normalized spacial score (nSPS) is 16.4. The molecule has 4 nitrogen and oxygen atoms in total. The Hall–Kier alpha value is -2.76. The highest BCUT2D eigenvalue weighted by Gasteiger charge is 2.39. The molecule has 0 aliphatic carbocycles. The first-order chi connectivity index (χ1) is 15.4. The van der Waals surface area contributed by atoms with E-state index in [-0.39, 0.29) is 11.8 Å². The van der Waals surface area contributed by atoms with E-state index in [9.17, 15) is 9.59 Å². The van der Waals surface area contributed by atoms with Gasteiger partial charge in [0.25, 0.3) is 0 Å². The summed E-state index contributed by atoms with van der Waals surface area (Å²) in [6, 6.07) is 23.5. The molecule has 1 heterocycles. The molecule has 6 heteroatoms. The van der Waals surface area contributed by atoms with E-state index in [0.29, 0.717) is 18.1 Å². The molecule has 1 N–H and O–H groups in total. The number of carbonyl (C=O) groups is 2. The van der Waals surface area contributed by atoms with Gasteiger partial charge in [-0.05, 0) is 36.2 Å². The summed E-state index contributed by atoms with van der Waals surface area (Å²) in [5.41, 5.74) is 3.98. The first kappa shape index (κ1) is 22.4. The van der Waals surface area contributed by atoms with Crippen LogP contribution in [-0.2, 0) is 22.7 Å². The van der Waals surface area contributed by atoms with Gasteiger partial charge < -0.3 is 10.2 Å². The summed E-state index contributed by atoms with van der Waals surface area (Å²) in [5, 5.41) is 3.06. The van der Waals surface area contributed by atoms with Crippen LogP contribution in [0.1, 0.15) is 23.6 Å². The number of para-hydroxylation sites is 1. The monoisotopic (exact) mass is 464 g/mol. The van der Waals surface area contributed by atoms with Gasteiger partial charge in [0, 0.05) is 16.5 Å². The fourth-order valence-electron chi connectivity index (χ4n) is 3.72. The van der Waals surface area contributed by atoms with Gasteiger partial charge in [0.1, 0.15) is 5.25 Å². The third kappa shape index (κ3) is 4.84. The Balaban J connectivity index is 1.53. The van der Waals surface area contributed by atoms with E-state index in [1.807, 2.05) is 80.6 Å². The molecule has 4 rings (SSSR count). The highest BCUT2D eigenvalue weighted by atomic mass is 35.5. The third-order valence-electron chi connectivity index (χ3n) is 5.66. The van der Waals surface area contributed by atoms with Gasteiger partial charge in [0.05, 0.1) is 18.2 Å². The van der Waals surface area contributed by atoms with Gasteiger partial charge >= 0.3 is 0 Å². The average molecular weight is 465 g/mol. The highest BCUT2D eigenvalue weighted by Crippen LogP contribution is 2.42. The Labute approximate surface area is 198 Å². The number of hydrogen-bond acceptors (Lipinski definition) is 3. The van der Waals surface area contributed by atoms with Crippen molar-refractivity contribution in [2.24, 2.45) is 5.92 Å². The maximum atomic E-state index is 13.5. The van der Waals surface area contributed by atoms with Crippen LogP contribution in [0, 0.1) is 12.8 Å². The zero-order valence-corrected chi connectivity index (χ0v) is 19.6. The zero-order chi connectivity index (χ0) is 22.7. The van der Waals surface area contributed by atoms with Crippen LogP contribution < -0.4 is 10.2 Å². The van der Waals surface area contributed by atoms with Crippen LogP contribution in [0.15, 0.2) is 77.7 Å². The molecule has 0 saturated heterocycles. The number of halogens is 1. The van der Waals surface area contributed by atoms with Crippen LogP contribution in [0.5, 0.6) is 0 Å². The number of anilines is 1. The number of thioether (sulfide) groups is 1. The number of hydrogen-bond donors (Lipinski definition) is 1. The second kappa shape index (κ2) is 9.80. The molecule has 0 spiro atoms. The van der Waals surface area contributed by atoms with Gasteiger partial charge in [-0.3, -0.25) is 9.59 Å². The van der Waals surface area contributed by atoms with Crippen molar-refractivity contribution in [2.45, 2.75) is 37.1 Å². The van der Waals surface area contributed by atoms with Crippen molar-refractivity contribution in [3.8, 4) is 0 Å². The van der Waals surface area contributed by atoms with Crippen molar-refractivity contribution in [2.75, 3.05) is 4.90 Å². The minimum atomic E-state index is -0.499. The lowest BCUT2D eigenvalue weighted by Gasteiger charge is -2.35. The van der Waals surface area contributed by atoms with Crippen molar-refractivity contribution in [1.29, 1.82) is 0 Å². The number of fused-ring (bicyclic) bond motifs is 1. The van der Waals surface area contributed by atoms with E-state index in [1.54, 1.807) is 11.0 Å². The van der Waals surface area contributed by atoms with Gasteiger partial charge in [-0.15, -0.1) is 11.8 Å². The molecule has 1 aliphatic heterocycles. The summed E-state index contributed by atoms with van der Waals surface area (Å²) in [5.74, 6) is -0.705. The molecule has 3 aromatic rings. The van der Waals surface area contributed by atoms with Crippen LogP contribution >= 0.6 is 23.4 Å². The van der Waals surface area contributed by atoms with Crippen LogP contribution in [0.2, 0.25) is 5.02 Å². The standard InChI is InChI=1S/C26H25ClN2O2S/c1-17-11-13-19(14-12-17)16-29-22-9-5-6-10-23(22)32-24(26(29)31)18(2)25(30)28-15-20-7-3-4-8-21(20)27/h3-14,18,24H,15-16H2,1-2H3,(H,28,30). The molecule has 2 amide bonds. The van der Waals surface area contributed by atoms with E-state index in [2.05, 4.69) is 5.32 Å². The Morgan fingerprint density at radius 2 is 1.75 bits per heavy atom. The van der Waals surface area contributed by atoms with Crippen molar-refractivity contribution in [3.63, 3.8) is 0 Å². The Kier molecular flexibility index (Phi) is 6.87.